The Morgan fingerprint density at radius 2 is 1.67 bits per heavy atom. The van der Waals surface area contributed by atoms with Crippen LogP contribution in [0.1, 0.15) is 11.3 Å². The van der Waals surface area contributed by atoms with E-state index in [0.29, 0.717) is 23.7 Å². The summed E-state index contributed by atoms with van der Waals surface area (Å²) in [5.74, 6) is 1.94. The van der Waals surface area contributed by atoms with Gasteiger partial charge >= 0.3 is 0 Å². The van der Waals surface area contributed by atoms with Gasteiger partial charge < -0.3 is 14.2 Å². The minimum atomic E-state index is -3.60. The fraction of sp³-hybridized carbons (Fsp3) is 0.286. The zero-order valence-corrected chi connectivity index (χ0v) is 18.9. The maximum Gasteiger partial charge on any atom is 0.240 e. The highest BCUT2D eigenvalue weighted by molar-refractivity contribution is 7.89. The van der Waals surface area contributed by atoms with Gasteiger partial charge in [-0.05, 0) is 48.9 Å². The van der Waals surface area contributed by atoms with Gasteiger partial charge in [0.25, 0.3) is 0 Å². The Bertz CT molecular complexity index is 1130. The summed E-state index contributed by atoms with van der Waals surface area (Å²) in [6.45, 7) is 2.06. The lowest BCUT2D eigenvalue weighted by atomic mass is 10.2. The molecule has 0 aliphatic heterocycles. The Labute approximate surface area is 180 Å². The lowest BCUT2D eigenvalue weighted by molar-refractivity contribution is 0.355. The molecule has 0 fully saturated rings. The summed E-state index contributed by atoms with van der Waals surface area (Å²) >= 11 is 1.50. The molecule has 0 radical (unpaired) electrons. The van der Waals surface area contributed by atoms with Crippen molar-refractivity contribution in [3.8, 4) is 27.8 Å². The Hall–Kier alpha value is -2.62. The first-order valence-corrected chi connectivity index (χ1v) is 11.6. The lowest BCUT2D eigenvalue weighted by Crippen LogP contribution is -2.26. The van der Waals surface area contributed by atoms with Crippen molar-refractivity contribution in [1.29, 1.82) is 0 Å². The summed E-state index contributed by atoms with van der Waals surface area (Å²) in [6.07, 6.45) is 0.484. The van der Waals surface area contributed by atoms with Gasteiger partial charge in [-0.2, -0.15) is 0 Å². The molecule has 0 saturated heterocycles. The molecule has 0 spiro atoms. The molecule has 0 atom stereocenters. The van der Waals surface area contributed by atoms with Crippen molar-refractivity contribution in [2.24, 2.45) is 0 Å². The second-order valence-corrected chi connectivity index (χ2v) is 9.12. The Morgan fingerprint density at radius 3 is 2.33 bits per heavy atom. The summed E-state index contributed by atoms with van der Waals surface area (Å²) < 4.78 is 43.5. The first-order chi connectivity index (χ1) is 14.4. The van der Waals surface area contributed by atoms with Crippen LogP contribution in [-0.2, 0) is 16.4 Å². The molecular formula is C21H24N2O5S2. The molecular weight excluding hydrogens is 424 g/mol. The summed E-state index contributed by atoms with van der Waals surface area (Å²) in [6, 6.07) is 10.4. The first kappa shape index (κ1) is 22.1. The van der Waals surface area contributed by atoms with Gasteiger partial charge in [0.15, 0.2) is 11.5 Å². The second kappa shape index (κ2) is 9.46. The Balaban J connectivity index is 1.65. The van der Waals surface area contributed by atoms with Crippen molar-refractivity contribution in [2.45, 2.75) is 18.2 Å². The maximum absolute atomic E-state index is 12.5. The highest BCUT2D eigenvalue weighted by atomic mass is 32.2. The van der Waals surface area contributed by atoms with Crippen LogP contribution >= 0.6 is 11.3 Å². The number of nitrogens with zero attached hydrogens (tertiary/aromatic N) is 1. The molecule has 9 heteroatoms. The maximum atomic E-state index is 12.5. The standard InChI is InChI=1S/C21H24N2O5S2/c1-14-11-17(6-8-18(14)26-2)30(24,25)22-10-9-16-13-29-21(23-16)15-5-7-19(27-3)20(12-15)28-4/h5-8,11-13,22H,9-10H2,1-4H3. The number of ether oxygens (including phenoxy) is 3. The number of aryl methyl sites for hydroxylation is 1. The van der Waals surface area contributed by atoms with Gasteiger partial charge in [-0.1, -0.05) is 0 Å². The average Bonchev–Trinajstić information content (AvgIpc) is 3.21. The monoisotopic (exact) mass is 448 g/mol. The second-order valence-electron chi connectivity index (χ2n) is 6.49. The van der Waals surface area contributed by atoms with E-state index < -0.39 is 10.0 Å². The third-order valence-corrected chi connectivity index (χ3v) is 6.93. The third kappa shape index (κ3) is 4.92. The number of rotatable bonds is 9. The molecule has 1 aromatic heterocycles. The van der Waals surface area contributed by atoms with E-state index in [4.69, 9.17) is 14.2 Å². The number of aromatic nitrogens is 1. The number of benzene rings is 2. The van der Waals surface area contributed by atoms with Crippen molar-refractivity contribution in [3.05, 3.63) is 53.0 Å². The van der Waals surface area contributed by atoms with Gasteiger partial charge in [-0.15, -0.1) is 11.3 Å². The molecule has 0 bridgehead atoms. The first-order valence-electron chi connectivity index (χ1n) is 9.19. The van der Waals surface area contributed by atoms with E-state index in [1.165, 1.54) is 17.4 Å². The van der Waals surface area contributed by atoms with Gasteiger partial charge in [0.05, 0.1) is 31.9 Å². The summed E-state index contributed by atoms with van der Waals surface area (Å²) in [5, 5.41) is 2.76. The van der Waals surface area contributed by atoms with Gasteiger partial charge in [-0.3, -0.25) is 0 Å². The van der Waals surface area contributed by atoms with Crippen LogP contribution in [0.4, 0.5) is 0 Å². The molecule has 30 heavy (non-hydrogen) atoms. The van der Waals surface area contributed by atoms with Gasteiger partial charge in [0, 0.05) is 23.9 Å². The van der Waals surface area contributed by atoms with Crippen molar-refractivity contribution >= 4 is 21.4 Å². The molecule has 0 amide bonds. The molecule has 7 nitrogen and oxygen atoms in total. The van der Waals surface area contributed by atoms with E-state index in [0.717, 1.165) is 21.8 Å². The Morgan fingerprint density at radius 1 is 0.967 bits per heavy atom. The Kier molecular flexibility index (Phi) is 6.96. The van der Waals surface area contributed by atoms with Crippen LogP contribution in [-0.4, -0.2) is 41.3 Å². The van der Waals surface area contributed by atoms with Gasteiger partial charge in [0.1, 0.15) is 10.8 Å². The van der Waals surface area contributed by atoms with Crippen LogP contribution in [0.15, 0.2) is 46.7 Å². The number of hydrogen-bond donors (Lipinski definition) is 1. The van der Waals surface area contributed by atoms with Crippen molar-refractivity contribution in [3.63, 3.8) is 0 Å². The molecule has 2 aromatic carbocycles. The highest BCUT2D eigenvalue weighted by Gasteiger charge is 2.16. The molecule has 160 valence electrons. The van der Waals surface area contributed by atoms with Gasteiger partial charge in [0.2, 0.25) is 10.0 Å². The fourth-order valence-electron chi connectivity index (χ4n) is 2.94. The molecule has 1 heterocycles. The highest BCUT2D eigenvalue weighted by Crippen LogP contribution is 2.33. The van der Waals surface area contributed by atoms with Crippen LogP contribution in [0.25, 0.3) is 10.6 Å². The number of methoxy groups -OCH3 is 3. The van der Waals surface area contributed by atoms with E-state index in [1.807, 2.05) is 30.5 Å². The van der Waals surface area contributed by atoms with E-state index in [1.54, 1.807) is 33.5 Å². The van der Waals surface area contributed by atoms with E-state index in [-0.39, 0.29) is 11.4 Å². The molecule has 3 rings (SSSR count). The van der Waals surface area contributed by atoms with Crippen molar-refractivity contribution < 1.29 is 22.6 Å². The predicted octanol–water partition coefficient (Wildman–Crippen LogP) is 3.67. The SMILES string of the molecule is COc1ccc(S(=O)(=O)NCCc2csc(-c3ccc(OC)c(OC)c3)n2)cc1C. The van der Waals surface area contributed by atoms with Gasteiger partial charge in [-0.25, -0.2) is 18.1 Å². The van der Waals surface area contributed by atoms with E-state index >= 15 is 0 Å². The van der Waals surface area contributed by atoms with E-state index in [2.05, 4.69) is 9.71 Å². The summed E-state index contributed by atoms with van der Waals surface area (Å²) in [5.41, 5.74) is 2.50. The van der Waals surface area contributed by atoms with Crippen molar-refractivity contribution in [2.75, 3.05) is 27.9 Å². The molecule has 1 N–H and O–H groups in total. The topological polar surface area (TPSA) is 86.8 Å². The minimum absolute atomic E-state index is 0.213. The van der Waals surface area contributed by atoms with Crippen LogP contribution < -0.4 is 18.9 Å². The fourth-order valence-corrected chi connectivity index (χ4v) is 4.91. The lowest BCUT2D eigenvalue weighted by Gasteiger charge is -2.09. The quantitative estimate of drug-likeness (QED) is 0.538. The van der Waals surface area contributed by atoms with Crippen LogP contribution in [0.3, 0.4) is 0 Å². The number of sulfonamides is 1. The molecule has 3 aromatic rings. The van der Waals surface area contributed by atoms with Crippen LogP contribution in [0, 0.1) is 6.92 Å². The molecule has 0 saturated carbocycles. The summed E-state index contributed by atoms with van der Waals surface area (Å²) in [4.78, 5) is 4.82. The minimum Gasteiger partial charge on any atom is -0.496 e. The van der Waals surface area contributed by atoms with Crippen molar-refractivity contribution in [1.82, 2.24) is 9.71 Å². The normalized spacial score (nSPS) is 11.3. The third-order valence-electron chi connectivity index (χ3n) is 4.53. The van der Waals surface area contributed by atoms with Crippen LogP contribution in [0.2, 0.25) is 0 Å². The largest absolute Gasteiger partial charge is 0.496 e. The smallest absolute Gasteiger partial charge is 0.240 e. The van der Waals surface area contributed by atoms with E-state index in [9.17, 15) is 8.42 Å². The number of thiazole rings is 1. The molecule has 0 unspecified atom stereocenters. The predicted molar refractivity (Wildman–Crippen MR) is 117 cm³/mol. The van der Waals surface area contributed by atoms with Crippen LogP contribution in [0.5, 0.6) is 17.2 Å². The molecule has 0 aliphatic rings. The zero-order valence-electron chi connectivity index (χ0n) is 17.3. The number of hydrogen-bond acceptors (Lipinski definition) is 7. The zero-order chi connectivity index (χ0) is 21.7. The molecule has 0 aliphatic carbocycles. The summed E-state index contributed by atoms with van der Waals surface area (Å²) in [7, 11) is 1.13. The average molecular weight is 449 g/mol. The number of nitrogens with one attached hydrogen (secondary N) is 1.